The first kappa shape index (κ1) is 38.2. The van der Waals surface area contributed by atoms with Gasteiger partial charge < -0.3 is 19.3 Å². The van der Waals surface area contributed by atoms with Crippen LogP contribution in [0.4, 0.5) is 5.69 Å². The standard InChI is InChI=1S/C39H54ClN3O6S/c1-26-11-10-19-39(48-7,23-36(44)42(6)38(3,4)5)33-17-14-30(33)24-43-20-9-8-12-28-21-32(40)16-13-31(28)25-49-35-18-15-29(22-34(35)43)37(45)41-50(46,47)27(26)2/h10,13,15-16,18-19,21-22,26-27,30,33H,8-9,11-12,14,17,20,23-25H2,1-7H3,(H,41,45)/b19-10+/t26-,27+,30-,33+,39+/m0/s1. The molecule has 1 aliphatic carbocycles. The highest BCUT2D eigenvalue weighted by Crippen LogP contribution is 2.48. The van der Waals surface area contributed by atoms with E-state index < -0.39 is 26.8 Å². The third kappa shape index (κ3) is 8.34. The number of halogens is 1. The lowest BCUT2D eigenvalue weighted by molar-refractivity contribution is -0.145. The Morgan fingerprint density at radius 3 is 2.56 bits per heavy atom. The molecule has 0 aromatic heterocycles. The van der Waals surface area contributed by atoms with Crippen molar-refractivity contribution in [2.75, 3.05) is 32.1 Å². The van der Waals surface area contributed by atoms with Crippen LogP contribution in [-0.4, -0.2) is 68.8 Å². The number of sulfonamides is 1. The van der Waals surface area contributed by atoms with Crippen LogP contribution in [0.2, 0.25) is 5.02 Å². The number of aryl methyl sites for hydroxylation is 1. The van der Waals surface area contributed by atoms with Crippen LogP contribution in [-0.2, 0) is 32.6 Å². The SMILES string of the molecule is CO[C@@]1(CC(=O)N(C)C(C)(C)C)/C=C/C[C@H](C)[C@@H](C)S(=O)(=O)NC(=O)c2ccc3c(c2)N(CCCCc2cc(Cl)ccc2CO3)C[C@@H]2CC[C@H]21. The van der Waals surface area contributed by atoms with Gasteiger partial charge in [0.15, 0.2) is 0 Å². The molecular formula is C39H54ClN3O6S. The number of hydrogen-bond acceptors (Lipinski definition) is 7. The van der Waals surface area contributed by atoms with Gasteiger partial charge in [0.2, 0.25) is 15.9 Å². The van der Waals surface area contributed by atoms with E-state index in [2.05, 4.69) is 9.62 Å². The van der Waals surface area contributed by atoms with E-state index in [0.717, 1.165) is 48.9 Å². The summed E-state index contributed by atoms with van der Waals surface area (Å²) >= 11 is 6.37. The van der Waals surface area contributed by atoms with Crippen LogP contribution in [0.3, 0.4) is 0 Å². The molecule has 3 aliphatic rings. The second-order valence-electron chi connectivity index (χ2n) is 15.5. The monoisotopic (exact) mass is 727 g/mol. The van der Waals surface area contributed by atoms with Gasteiger partial charge in [0, 0.05) is 43.4 Å². The molecule has 50 heavy (non-hydrogen) atoms. The summed E-state index contributed by atoms with van der Waals surface area (Å²) in [4.78, 5) is 31.4. The summed E-state index contributed by atoms with van der Waals surface area (Å²) in [7, 11) is -0.490. The zero-order valence-corrected chi connectivity index (χ0v) is 32.2. The van der Waals surface area contributed by atoms with E-state index in [-0.39, 0.29) is 41.2 Å². The Morgan fingerprint density at radius 1 is 1.12 bits per heavy atom. The van der Waals surface area contributed by atoms with Crippen LogP contribution in [0.15, 0.2) is 48.6 Å². The molecule has 5 rings (SSSR count). The topological polar surface area (TPSA) is 105 Å². The Labute approximate surface area is 303 Å². The molecule has 2 aromatic carbocycles. The minimum Gasteiger partial charge on any atom is -0.487 e. The summed E-state index contributed by atoms with van der Waals surface area (Å²) in [6.07, 6.45) is 9.14. The molecule has 2 aliphatic heterocycles. The molecule has 2 heterocycles. The molecule has 274 valence electrons. The smallest absolute Gasteiger partial charge is 0.264 e. The van der Waals surface area contributed by atoms with E-state index in [1.807, 2.05) is 65.1 Å². The van der Waals surface area contributed by atoms with Crippen molar-refractivity contribution in [3.8, 4) is 5.75 Å². The number of fused-ring (bicyclic) bond motifs is 3. The van der Waals surface area contributed by atoms with Crippen molar-refractivity contribution < 1.29 is 27.5 Å². The van der Waals surface area contributed by atoms with Crippen LogP contribution in [0, 0.1) is 17.8 Å². The van der Waals surface area contributed by atoms with Crippen molar-refractivity contribution in [2.24, 2.45) is 17.8 Å². The first-order chi connectivity index (χ1) is 23.5. The molecule has 1 fully saturated rings. The summed E-state index contributed by atoms with van der Waals surface area (Å²) in [6.45, 7) is 11.2. The van der Waals surface area contributed by atoms with Gasteiger partial charge in [0.25, 0.3) is 5.91 Å². The van der Waals surface area contributed by atoms with Gasteiger partial charge in [-0.2, -0.15) is 0 Å². The highest BCUT2D eigenvalue weighted by atomic mass is 35.5. The Balaban J connectivity index is 1.59. The first-order valence-corrected chi connectivity index (χ1v) is 19.8. The summed E-state index contributed by atoms with van der Waals surface area (Å²) < 4.78 is 42.2. The molecule has 0 unspecified atom stereocenters. The average Bonchev–Trinajstić information content (AvgIpc) is 3.07. The lowest BCUT2D eigenvalue weighted by Crippen LogP contribution is -2.54. The maximum Gasteiger partial charge on any atom is 0.264 e. The molecule has 11 heteroatoms. The van der Waals surface area contributed by atoms with E-state index in [4.69, 9.17) is 21.1 Å². The first-order valence-electron chi connectivity index (χ1n) is 17.9. The van der Waals surface area contributed by atoms with Gasteiger partial charge in [0.05, 0.1) is 23.0 Å². The fourth-order valence-electron chi connectivity index (χ4n) is 7.39. The zero-order chi connectivity index (χ0) is 36.4. The summed E-state index contributed by atoms with van der Waals surface area (Å²) in [5.41, 5.74) is 1.98. The van der Waals surface area contributed by atoms with E-state index in [1.165, 1.54) is 0 Å². The average molecular weight is 728 g/mol. The Kier molecular flexibility index (Phi) is 11.6. The molecule has 1 saturated carbocycles. The van der Waals surface area contributed by atoms with Crippen molar-refractivity contribution in [1.29, 1.82) is 0 Å². The minimum atomic E-state index is -4.01. The minimum absolute atomic E-state index is 0.00549. The fourth-order valence-corrected chi connectivity index (χ4v) is 8.87. The lowest BCUT2D eigenvalue weighted by atomic mass is 9.63. The number of carbonyl (C=O) groups excluding carboxylic acids is 2. The zero-order valence-electron chi connectivity index (χ0n) is 30.6. The summed E-state index contributed by atoms with van der Waals surface area (Å²) in [5.74, 6) is -0.113. The fraction of sp³-hybridized carbons (Fsp3) is 0.590. The number of nitrogens with one attached hydrogen (secondary N) is 1. The van der Waals surface area contributed by atoms with E-state index in [0.29, 0.717) is 36.9 Å². The Hall–Kier alpha value is -3.08. The third-order valence-corrected chi connectivity index (χ3v) is 13.5. The van der Waals surface area contributed by atoms with Crippen LogP contribution in [0.5, 0.6) is 5.75 Å². The van der Waals surface area contributed by atoms with E-state index in [1.54, 1.807) is 37.1 Å². The van der Waals surface area contributed by atoms with Crippen molar-refractivity contribution in [3.63, 3.8) is 0 Å². The Bertz CT molecular complexity index is 1710. The van der Waals surface area contributed by atoms with Crippen LogP contribution >= 0.6 is 11.6 Å². The number of hydrogen-bond donors (Lipinski definition) is 1. The Morgan fingerprint density at radius 2 is 1.88 bits per heavy atom. The maximum absolute atomic E-state index is 13.8. The van der Waals surface area contributed by atoms with E-state index >= 15 is 0 Å². The van der Waals surface area contributed by atoms with Gasteiger partial charge in [-0.25, -0.2) is 13.1 Å². The second kappa shape index (κ2) is 15.3. The van der Waals surface area contributed by atoms with Crippen LogP contribution < -0.4 is 14.4 Å². The lowest BCUT2D eigenvalue weighted by Gasteiger charge is -2.50. The van der Waals surface area contributed by atoms with Gasteiger partial charge in [-0.1, -0.05) is 36.7 Å². The van der Waals surface area contributed by atoms with Gasteiger partial charge >= 0.3 is 0 Å². The molecule has 0 spiro atoms. The van der Waals surface area contributed by atoms with Gasteiger partial charge in [-0.05, 0) is 125 Å². The maximum atomic E-state index is 13.8. The van der Waals surface area contributed by atoms with Crippen molar-refractivity contribution in [1.82, 2.24) is 9.62 Å². The molecule has 5 atom stereocenters. The number of nitrogens with zero attached hydrogens (tertiary/aromatic N) is 2. The molecular weight excluding hydrogens is 674 g/mol. The number of amides is 2. The predicted octanol–water partition coefficient (Wildman–Crippen LogP) is 7.16. The highest BCUT2D eigenvalue weighted by molar-refractivity contribution is 7.90. The molecule has 9 nitrogen and oxygen atoms in total. The molecule has 0 saturated heterocycles. The van der Waals surface area contributed by atoms with Crippen molar-refractivity contribution >= 4 is 39.1 Å². The molecule has 2 aromatic rings. The summed E-state index contributed by atoms with van der Waals surface area (Å²) in [6, 6.07) is 11.0. The largest absolute Gasteiger partial charge is 0.487 e. The molecule has 0 radical (unpaired) electrons. The van der Waals surface area contributed by atoms with Gasteiger partial charge in [-0.15, -0.1) is 0 Å². The number of benzene rings is 2. The number of allylic oxidation sites excluding steroid dienone is 1. The van der Waals surface area contributed by atoms with Crippen LogP contribution in [0.1, 0.15) is 94.6 Å². The number of ether oxygens (including phenoxy) is 2. The second-order valence-corrected chi connectivity index (χ2v) is 18.0. The quantitative estimate of drug-likeness (QED) is 0.335. The molecule has 2 amide bonds. The normalized spacial score (nSPS) is 28.0. The van der Waals surface area contributed by atoms with Crippen molar-refractivity contribution in [3.05, 3.63) is 70.3 Å². The van der Waals surface area contributed by atoms with Crippen LogP contribution in [0.25, 0.3) is 0 Å². The molecule has 2 bridgehead atoms. The predicted molar refractivity (Wildman–Crippen MR) is 199 cm³/mol. The number of carbonyl (C=O) groups is 2. The highest BCUT2D eigenvalue weighted by Gasteiger charge is 2.49. The number of anilines is 1. The van der Waals surface area contributed by atoms with Gasteiger partial charge in [-0.3, -0.25) is 9.59 Å². The summed E-state index contributed by atoms with van der Waals surface area (Å²) in [5, 5.41) is -0.155. The van der Waals surface area contributed by atoms with Crippen molar-refractivity contribution in [2.45, 2.75) is 103 Å². The van der Waals surface area contributed by atoms with E-state index in [9.17, 15) is 18.0 Å². The molecule has 1 N–H and O–H groups in total. The number of methoxy groups -OCH3 is 1. The third-order valence-electron chi connectivity index (χ3n) is 11.4. The van der Waals surface area contributed by atoms with Gasteiger partial charge in [0.1, 0.15) is 12.4 Å². The number of rotatable bonds is 3.